The second-order valence-electron chi connectivity index (χ2n) is 5.48. The van der Waals surface area contributed by atoms with Crippen LogP contribution in [0.15, 0.2) is 36.8 Å². The standard InChI is InChI=1S/C16H16Cl2N6O/c1-11-14(18)9-23(21-11)7-6-15(25)20-16-19-10-24(22-16)8-12-4-2-3-5-13(12)17/h2-5,9-10H,6-8H2,1H3,(H,20,22,25). The molecule has 3 aromatic rings. The van der Waals surface area contributed by atoms with Gasteiger partial charge in [-0.25, -0.2) is 9.67 Å². The third-order valence-corrected chi connectivity index (χ3v) is 4.27. The molecule has 0 spiro atoms. The number of aryl methyl sites for hydroxylation is 2. The minimum atomic E-state index is -0.195. The van der Waals surface area contributed by atoms with Gasteiger partial charge in [-0.15, -0.1) is 5.10 Å². The number of nitrogens with zero attached hydrogens (tertiary/aromatic N) is 5. The van der Waals surface area contributed by atoms with Crippen LogP contribution < -0.4 is 5.32 Å². The summed E-state index contributed by atoms with van der Waals surface area (Å²) in [7, 11) is 0. The number of amides is 1. The van der Waals surface area contributed by atoms with E-state index in [1.807, 2.05) is 31.2 Å². The van der Waals surface area contributed by atoms with Crippen LogP contribution in [-0.4, -0.2) is 30.5 Å². The summed E-state index contributed by atoms with van der Waals surface area (Å²) >= 11 is 12.1. The van der Waals surface area contributed by atoms with Crippen molar-refractivity contribution in [2.24, 2.45) is 0 Å². The molecule has 25 heavy (non-hydrogen) atoms. The van der Waals surface area contributed by atoms with Crippen molar-refractivity contribution in [3.05, 3.63) is 58.1 Å². The molecule has 7 nitrogen and oxygen atoms in total. The average Bonchev–Trinajstić information content (AvgIpc) is 3.14. The van der Waals surface area contributed by atoms with Crippen LogP contribution in [0.5, 0.6) is 0 Å². The number of rotatable bonds is 6. The molecule has 0 fully saturated rings. The van der Waals surface area contributed by atoms with E-state index < -0.39 is 0 Å². The van der Waals surface area contributed by atoms with Gasteiger partial charge in [-0.05, 0) is 18.6 Å². The molecule has 0 saturated carbocycles. The van der Waals surface area contributed by atoms with Crippen LogP contribution in [0, 0.1) is 6.92 Å². The lowest BCUT2D eigenvalue weighted by Crippen LogP contribution is -2.16. The van der Waals surface area contributed by atoms with Gasteiger partial charge in [-0.1, -0.05) is 41.4 Å². The molecule has 2 heterocycles. The van der Waals surface area contributed by atoms with E-state index in [-0.39, 0.29) is 18.3 Å². The highest BCUT2D eigenvalue weighted by Gasteiger charge is 2.09. The van der Waals surface area contributed by atoms with Crippen molar-refractivity contribution < 1.29 is 4.79 Å². The first-order valence-corrected chi connectivity index (χ1v) is 8.39. The third-order valence-electron chi connectivity index (χ3n) is 3.53. The second kappa shape index (κ2) is 7.67. The van der Waals surface area contributed by atoms with Gasteiger partial charge >= 0.3 is 0 Å². The number of hydrogen-bond donors (Lipinski definition) is 1. The Morgan fingerprint density at radius 2 is 1.96 bits per heavy atom. The van der Waals surface area contributed by atoms with Crippen LogP contribution in [0.3, 0.4) is 0 Å². The highest BCUT2D eigenvalue weighted by molar-refractivity contribution is 6.31. The Morgan fingerprint density at radius 1 is 1.16 bits per heavy atom. The number of anilines is 1. The van der Waals surface area contributed by atoms with Crippen molar-refractivity contribution in [2.45, 2.75) is 26.4 Å². The topological polar surface area (TPSA) is 77.6 Å². The average molecular weight is 379 g/mol. The Labute approximate surface area is 154 Å². The maximum absolute atomic E-state index is 12.0. The molecule has 0 aliphatic heterocycles. The molecule has 9 heteroatoms. The molecule has 0 unspecified atom stereocenters. The van der Waals surface area contributed by atoms with Gasteiger partial charge in [0.05, 0.1) is 17.3 Å². The summed E-state index contributed by atoms with van der Waals surface area (Å²) in [5, 5.41) is 12.3. The molecule has 1 amide bonds. The Hall–Kier alpha value is -2.38. The largest absolute Gasteiger partial charge is 0.293 e. The van der Waals surface area contributed by atoms with E-state index in [9.17, 15) is 4.79 Å². The van der Waals surface area contributed by atoms with Gasteiger partial charge in [0.2, 0.25) is 11.9 Å². The molecule has 0 saturated heterocycles. The minimum absolute atomic E-state index is 0.195. The highest BCUT2D eigenvalue weighted by atomic mass is 35.5. The first-order valence-electron chi connectivity index (χ1n) is 7.63. The molecule has 0 radical (unpaired) electrons. The van der Waals surface area contributed by atoms with Crippen LogP contribution in [0.2, 0.25) is 10.0 Å². The Kier molecular flexibility index (Phi) is 5.35. The molecule has 0 atom stereocenters. The molecular weight excluding hydrogens is 363 g/mol. The van der Waals surface area contributed by atoms with E-state index in [2.05, 4.69) is 20.5 Å². The first kappa shape index (κ1) is 17.4. The zero-order valence-corrected chi connectivity index (χ0v) is 15.0. The summed E-state index contributed by atoms with van der Waals surface area (Å²) in [6, 6.07) is 7.51. The predicted octanol–water partition coefficient (Wildman–Crippen LogP) is 3.17. The molecule has 0 aliphatic rings. The summed E-state index contributed by atoms with van der Waals surface area (Å²) in [6.07, 6.45) is 3.49. The zero-order chi connectivity index (χ0) is 17.8. The van der Waals surface area contributed by atoms with Gasteiger partial charge in [-0.2, -0.15) is 5.10 Å². The van der Waals surface area contributed by atoms with Crippen LogP contribution >= 0.6 is 23.2 Å². The normalized spacial score (nSPS) is 10.8. The van der Waals surface area contributed by atoms with E-state index in [0.717, 1.165) is 11.3 Å². The van der Waals surface area contributed by atoms with Crippen molar-refractivity contribution in [1.82, 2.24) is 24.5 Å². The molecule has 0 bridgehead atoms. The van der Waals surface area contributed by atoms with Crippen molar-refractivity contribution in [1.29, 1.82) is 0 Å². The van der Waals surface area contributed by atoms with Crippen LogP contribution in [0.25, 0.3) is 0 Å². The minimum Gasteiger partial charge on any atom is -0.293 e. The second-order valence-corrected chi connectivity index (χ2v) is 6.30. The third kappa shape index (κ3) is 4.58. The summed E-state index contributed by atoms with van der Waals surface area (Å²) in [5.41, 5.74) is 1.67. The van der Waals surface area contributed by atoms with E-state index in [4.69, 9.17) is 23.2 Å². The van der Waals surface area contributed by atoms with E-state index in [1.165, 1.54) is 0 Å². The zero-order valence-electron chi connectivity index (χ0n) is 13.5. The Bertz CT molecular complexity index is 869. The highest BCUT2D eigenvalue weighted by Crippen LogP contribution is 2.16. The summed E-state index contributed by atoms with van der Waals surface area (Å²) in [6.45, 7) is 2.72. The van der Waals surface area contributed by atoms with Gasteiger partial charge < -0.3 is 0 Å². The van der Waals surface area contributed by atoms with E-state index in [1.54, 1.807) is 21.9 Å². The summed E-state index contributed by atoms with van der Waals surface area (Å²) in [4.78, 5) is 16.1. The Balaban J connectivity index is 1.54. The molecule has 2 aromatic heterocycles. The van der Waals surface area contributed by atoms with Gasteiger partial charge in [-0.3, -0.25) is 14.8 Å². The van der Waals surface area contributed by atoms with E-state index in [0.29, 0.717) is 23.1 Å². The fraction of sp³-hybridized carbons (Fsp3) is 0.250. The number of carbonyl (C=O) groups excluding carboxylic acids is 1. The molecule has 1 N–H and O–H groups in total. The number of carbonyl (C=O) groups is 1. The lowest BCUT2D eigenvalue weighted by Gasteiger charge is -2.03. The first-order chi connectivity index (χ1) is 12.0. The van der Waals surface area contributed by atoms with Crippen molar-refractivity contribution in [3.63, 3.8) is 0 Å². The maximum Gasteiger partial charge on any atom is 0.248 e. The van der Waals surface area contributed by atoms with Gasteiger partial charge in [0.15, 0.2) is 0 Å². The summed E-state index contributed by atoms with van der Waals surface area (Å²) in [5.74, 6) is 0.0616. The van der Waals surface area contributed by atoms with Crippen LogP contribution in [-0.2, 0) is 17.9 Å². The molecular formula is C16H16Cl2N6O. The lowest BCUT2D eigenvalue weighted by atomic mass is 10.2. The molecule has 130 valence electrons. The maximum atomic E-state index is 12.0. The SMILES string of the molecule is Cc1nn(CCC(=O)Nc2ncn(Cc3ccccc3Cl)n2)cc1Cl. The number of benzene rings is 1. The quantitative estimate of drug-likeness (QED) is 0.714. The number of halogens is 2. The van der Waals surface area contributed by atoms with Crippen molar-refractivity contribution in [2.75, 3.05) is 5.32 Å². The molecule has 3 rings (SSSR count). The molecule has 0 aliphatic carbocycles. The van der Waals surface area contributed by atoms with Crippen LogP contribution in [0.4, 0.5) is 5.95 Å². The van der Waals surface area contributed by atoms with E-state index >= 15 is 0 Å². The predicted molar refractivity (Wildman–Crippen MR) is 95.8 cm³/mol. The Morgan fingerprint density at radius 3 is 2.68 bits per heavy atom. The van der Waals surface area contributed by atoms with Gasteiger partial charge in [0, 0.05) is 24.2 Å². The van der Waals surface area contributed by atoms with Gasteiger partial charge in [0.25, 0.3) is 0 Å². The number of nitrogens with one attached hydrogen (secondary N) is 1. The monoisotopic (exact) mass is 378 g/mol. The summed E-state index contributed by atoms with van der Waals surface area (Å²) < 4.78 is 3.26. The number of hydrogen-bond acceptors (Lipinski definition) is 4. The fourth-order valence-corrected chi connectivity index (χ4v) is 2.59. The van der Waals surface area contributed by atoms with Crippen molar-refractivity contribution in [3.8, 4) is 0 Å². The number of aromatic nitrogens is 5. The van der Waals surface area contributed by atoms with Crippen LogP contribution in [0.1, 0.15) is 17.7 Å². The smallest absolute Gasteiger partial charge is 0.248 e. The fourth-order valence-electron chi connectivity index (χ4n) is 2.24. The van der Waals surface area contributed by atoms with Crippen molar-refractivity contribution >= 4 is 35.1 Å². The lowest BCUT2D eigenvalue weighted by molar-refractivity contribution is -0.116. The van der Waals surface area contributed by atoms with Gasteiger partial charge in [0.1, 0.15) is 6.33 Å². The molecule has 1 aromatic carbocycles.